The van der Waals surface area contributed by atoms with E-state index in [0.29, 0.717) is 25.2 Å². The van der Waals surface area contributed by atoms with E-state index >= 15 is 0 Å². The first-order chi connectivity index (χ1) is 9.30. The Morgan fingerprint density at radius 1 is 1.45 bits per heavy atom. The molecule has 0 aliphatic rings. The van der Waals surface area contributed by atoms with Crippen LogP contribution in [0.15, 0.2) is 18.2 Å². The summed E-state index contributed by atoms with van der Waals surface area (Å²) in [7, 11) is 0. The normalized spacial score (nSPS) is 11.5. The second kappa shape index (κ2) is 7.04. The second-order valence-corrected chi connectivity index (χ2v) is 6.13. The van der Waals surface area contributed by atoms with Gasteiger partial charge in [-0.1, -0.05) is 32.4 Å². The maximum absolute atomic E-state index is 13.1. The summed E-state index contributed by atoms with van der Waals surface area (Å²) in [6.07, 6.45) is 0.838. The van der Waals surface area contributed by atoms with Gasteiger partial charge in [-0.2, -0.15) is 0 Å². The lowest BCUT2D eigenvalue weighted by molar-refractivity contribution is 0.0689. The van der Waals surface area contributed by atoms with Crippen molar-refractivity contribution in [2.75, 3.05) is 19.6 Å². The molecule has 1 aromatic carbocycles. The van der Waals surface area contributed by atoms with Crippen molar-refractivity contribution in [2.45, 2.75) is 27.2 Å². The molecule has 1 aromatic rings. The molecule has 1 rings (SSSR count). The third-order valence-corrected chi connectivity index (χ3v) is 3.43. The van der Waals surface area contributed by atoms with E-state index < -0.39 is 5.82 Å². The second-order valence-electron chi connectivity index (χ2n) is 5.72. The first-order valence-electron chi connectivity index (χ1n) is 6.75. The van der Waals surface area contributed by atoms with Crippen LogP contribution in [0.5, 0.6) is 0 Å². The minimum atomic E-state index is -0.448. The van der Waals surface area contributed by atoms with Crippen LogP contribution in [-0.4, -0.2) is 30.4 Å². The fourth-order valence-corrected chi connectivity index (χ4v) is 2.18. The molecule has 0 radical (unpaired) electrons. The monoisotopic (exact) mass is 300 g/mol. The summed E-state index contributed by atoms with van der Waals surface area (Å²) < 4.78 is 13.1. The number of carbonyl (C=O) groups excluding carboxylic acids is 1. The van der Waals surface area contributed by atoms with Gasteiger partial charge in [0.15, 0.2) is 0 Å². The lowest BCUT2D eigenvalue weighted by Crippen LogP contribution is -2.42. The van der Waals surface area contributed by atoms with E-state index in [1.54, 1.807) is 4.90 Å². The quantitative estimate of drug-likeness (QED) is 0.876. The van der Waals surface area contributed by atoms with Gasteiger partial charge >= 0.3 is 0 Å². The molecule has 0 unspecified atom stereocenters. The van der Waals surface area contributed by atoms with Gasteiger partial charge in [0, 0.05) is 13.1 Å². The zero-order chi connectivity index (χ0) is 15.3. The van der Waals surface area contributed by atoms with Gasteiger partial charge in [0.2, 0.25) is 0 Å². The Bertz CT molecular complexity index is 477. The van der Waals surface area contributed by atoms with Crippen molar-refractivity contribution in [3.05, 3.63) is 34.6 Å². The summed E-state index contributed by atoms with van der Waals surface area (Å²) in [6.45, 7) is 7.67. The molecule has 5 heteroatoms. The molecule has 2 N–H and O–H groups in total. The molecule has 3 nitrogen and oxygen atoms in total. The van der Waals surface area contributed by atoms with Crippen LogP contribution in [0.4, 0.5) is 4.39 Å². The molecule has 0 aromatic heterocycles. The summed E-state index contributed by atoms with van der Waals surface area (Å²) in [5.74, 6) is -0.630. The van der Waals surface area contributed by atoms with Crippen LogP contribution >= 0.6 is 11.6 Å². The molecular weight excluding hydrogens is 279 g/mol. The fourth-order valence-electron chi connectivity index (χ4n) is 1.94. The van der Waals surface area contributed by atoms with Gasteiger partial charge in [-0.15, -0.1) is 0 Å². The molecular formula is C15H22ClFN2O. The van der Waals surface area contributed by atoms with Crippen LogP contribution in [0.3, 0.4) is 0 Å². The summed E-state index contributed by atoms with van der Waals surface area (Å²) in [6, 6.07) is 3.84. The lowest BCUT2D eigenvalue weighted by Gasteiger charge is -2.32. The van der Waals surface area contributed by atoms with Crippen LogP contribution in [0, 0.1) is 11.2 Å². The number of nitrogens with two attached hydrogens (primary N) is 1. The van der Waals surface area contributed by atoms with Gasteiger partial charge in [-0.25, -0.2) is 4.39 Å². The summed E-state index contributed by atoms with van der Waals surface area (Å²) >= 11 is 5.96. The first-order valence-corrected chi connectivity index (χ1v) is 7.13. The standard InChI is InChI=1S/C15H22ClFN2O/c1-4-7-19(10-15(2,3)9-18)14(20)12-6-5-11(17)8-13(12)16/h5-6,8H,4,7,9-10,18H2,1-3H3. The molecule has 0 fully saturated rings. The van der Waals surface area contributed by atoms with E-state index in [9.17, 15) is 9.18 Å². The SMILES string of the molecule is CCCN(CC(C)(C)CN)C(=O)c1ccc(F)cc1Cl. The summed E-state index contributed by atoms with van der Waals surface area (Å²) in [5.41, 5.74) is 5.88. The molecule has 0 atom stereocenters. The molecule has 0 aliphatic carbocycles. The Labute approximate surface area is 124 Å². The van der Waals surface area contributed by atoms with Crippen LogP contribution in [-0.2, 0) is 0 Å². The van der Waals surface area contributed by atoms with Gasteiger partial charge in [-0.3, -0.25) is 4.79 Å². The van der Waals surface area contributed by atoms with E-state index in [1.165, 1.54) is 12.1 Å². The zero-order valence-electron chi connectivity index (χ0n) is 12.2. The van der Waals surface area contributed by atoms with Crippen molar-refractivity contribution in [3.8, 4) is 0 Å². The van der Waals surface area contributed by atoms with Crippen LogP contribution in [0.2, 0.25) is 5.02 Å². The molecule has 0 aliphatic heterocycles. The maximum atomic E-state index is 13.1. The Balaban J connectivity index is 2.99. The van der Waals surface area contributed by atoms with Crippen molar-refractivity contribution in [3.63, 3.8) is 0 Å². The Kier molecular flexibility index (Phi) is 5.96. The van der Waals surface area contributed by atoms with Crippen molar-refractivity contribution in [1.29, 1.82) is 0 Å². The number of hydrogen-bond acceptors (Lipinski definition) is 2. The molecule has 1 amide bonds. The van der Waals surface area contributed by atoms with E-state index in [4.69, 9.17) is 17.3 Å². The highest BCUT2D eigenvalue weighted by Gasteiger charge is 2.25. The fraction of sp³-hybridized carbons (Fsp3) is 0.533. The number of carbonyl (C=O) groups is 1. The number of amides is 1. The largest absolute Gasteiger partial charge is 0.338 e. The van der Waals surface area contributed by atoms with Crippen molar-refractivity contribution < 1.29 is 9.18 Å². The number of nitrogens with zero attached hydrogens (tertiary/aromatic N) is 1. The van der Waals surface area contributed by atoms with Crippen LogP contribution in [0.1, 0.15) is 37.6 Å². The topological polar surface area (TPSA) is 46.3 Å². The van der Waals surface area contributed by atoms with E-state index in [2.05, 4.69) is 0 Å². The molecule has 0 saturated heterocycles. The zero-order valence-corrected chi connectivity index (χ0v) is 13.0. The lowest BCUT2D eigenvalue weighted by atomic mass is 9.92. The molecule has 0 spiro atoms. The van der Waals surface area contributed by atoms with Gasteiger partial charge in [0.05, 0.1) is 10.6 Å². The number of halogens is 2. The number of benzene rings is 1. The Morgan fingerprint density at radius 3 is 2.60 bits per heavy atom. The van der Waals surface area contributed by atoms with Gasteiger partial charge < -0.3 is 10.6 Å². The van der Waals surface area contributed by atoms with E-state index in [-0.39, 0.29) is 16.3 Å². The molecule has 0 bridgehead atoms. The predicted molar refractivity (Wildman–Crippen MR) is 80.4 cm³/mol. The number of hydrogen-bond donors (Lipinski definition) is 1. The summed E-state index contributed by atoms with van der Waals surface area (Å²) in [5, 5.41) is 0.140. The summed E-state index contributed by atoms with van der Waals surface area (Å²) in [4.78, 5) is 14.3. The smallest absolute Gasteiger partial charge is 0.255 e. The molecule has 20 heavy (non-hydrogen) atoms. The van der Waals surface area contributed by atoms with E-state index in [0.717, 1.165) is 12.5 Å². The van der Waals surface area contributed by atoms with Crippen LogP contribution < -0.4 is 5.73 Å². The average Bonchev–Trinajstić information content (AvgIpc) is 2.37. The maximum Gasteiger partial charge on any atom is 0.255 e. The highest BCUT2D eigenvalue weighted by Crippen LogP contribution is 2.22. The predicted octanol–water partition coefficient (Wildman–Crippen LogP) is 3.32. The van der Waals surface area contributed by atoms with Crippen LogP contribution in [0.25, 0.3) is 0 Å². The minimum Gasteiger partial charge on any atom is -0.338 e. The van der Waals surface area contributed by atoms with Crippen molar-refractivity contribution in [2.24, 2.45) is 11.1 Å². The number of rotatable bonds is 6. The minimum absolute atomic E-state index is 0.140. The highest BCUT2D eigenvalue weighted by atomic mass is 35.5. The Morgan fingerprint density at radius 2 is 2.10 bits per heavy atom. The molecule has 0 heterocycles. The third kappa shape index (κ3) is 4.46. The average molecular weight is 301 g/mol. The van der Waals surface area contributed by atoms with Gasteiger partial charge in [-0.05, 0) is 36.6 Å². The molecule has 0 saturated carbocycles. The van der Waals surface area contributed by atoms with Crippen molar-refractivity contribution in [1.82, 2.24) is 4.90 Å². The molecule has 112 valence electrons. The third-order valence-electron chi connectivity index (χ3n) is 3.11. The van der Waals surface area contributed by atoms with E-state index in [1.807, 2.05) is 20.8 Å². The first kappa shape index (κ1) is 16.9. The van der Waals surface area contributed by atoms with Gasteiger partial charge in [0.25, 0.3) is 5.91 Å². The van der Waals surface area contributed by atoms with Crippen molar-refractivity contribution >= 4 is 17.5 Å². The van der Waals surface area contributed by atoms with Gasteiger partial charge in [0.1, 0.15) is 5.82 Å². The highest BCUT2D eigenvalue weighted by molar-refractivity contribution is 6.33. The Hall–Kier alpha value is -1.13.